The second-order valence-corrected chi connectivity index (χ2v) is 6.13. The van der Waals surface area contributed by atoms with Crippen molar-refractivity contribution in [2.45, 2.75) is 45.6 Å². The maximum atomic E-state index is 5.78. The fourth-order valence-corrected chi connectivity index (χ4v) is 1.95. The summed E-state index contributed by atoms with van der Waals surface area (Å²) in [4.78, 5) is 4.28. The Hall–Kier alpha value is -0.0800. The largest absolute Gasteiger partial charge is 0.381 e. The molecule has 1 saturated heterocycles. The van der Waals surface area contributed by atoms with E-state index in [2.05, 4.69) is 31.1 Å². The molecule has 1 fully saturated rings. The van der Waals surface area contributed by atoms with Crippen LogP contribution in [0, 0.1) is 5.92 Å². The topological polar surface area (TPSA) is 68.9 Å². The van der Waals surface area contributed by atoms with E-state index in [1.54, 1.807) is 0 Å². The molecule has 0 unspecified atom stereocenters. The second kappa shape index (κ2) is 10.6. The van der Waals surface area contributed by atoms with E-state index in [4.69, 9.17) is 15.2 Å². The molecule has 3 N–H and O–H groups in total. The van der Waals surface area contributed by atoms with Crippen molar-refractivity contribution in [1.29, 1.82) is 0 Å². The summed E-state index contributed by atoms with van der Waals surface area (Å²) < 4.78 is 11.0. The van der Waals surface area contributed by atoms with Gasteiger partial charge in [0.25, 0.3) is 0 Å². The lowest BCUT2D eigenvalue weighted by Gasteiger charge is -2.21. The Morgan fingerprint density at radius 2 is 2.00 bits per heavy atom. The van der Waals surface area contributed by atoms with Gasteiger partial charge in [-0.15, -0.1) is 24.0 Å². The number of hydrogen-bond donors (Lipinski definition) is 2. The molecule has 1 rings (SSSR count). The van der Waals surface area contributed by atoms with Crippen LogP contribution < -0.4 is 11.1 Å². The van der Waals surface area contributed by atoms with E-state index in [1.807, 2.05) is 0 Å². The minimum Gasteiger partial charge on any atom is -0.381 e. The van der Waals surface area contributed by atoms with Gasteiger partial charge < -0.3 is 20.5 Å². The zero-order valence-corrected chi connectivity index (χ0v) is 15.3. The molecule has 0 aromatic carbocycles. The molecule has 0 aliphatic carbocycles. The number of nitrogens with two attached hydrogens (primary N) is 1. The van der Waals surface area contributed by atoms with Gasteiger partial charge in [0.05, 0.1) is 0 Å². The summed E-state index contributed by atoms with van der Waals surface area (Å²) in [6.45, 7) is 10.3. The van der Waals surface area contributed by atoms with Gasteiger partial charge in [-0.3, -0.25) is 4.99 Å². The van der Waals surface area contributed by atoms with Crippen molar-refractivity contribution in [3.63, 3.8) is 0 Å². The Bertz CT molecular complexity index is 274. The molecule has 0 radical (unpaired) electrons. The number of halogens is 1. The molecule has 0 spiro atoms. The fraction of sp³-hybridized carbons (Fsp3) is 0.929. The molecule has 0 saturated carbocycles. The van der Waals surface area contributed by atoms with E-state index in [-0.39, 0.29) is 29.5 Å². The molecule has 1 heterocycles. The van der Waals surface area contributed by atoms with Gasteiger partial charge in [0.15, 0.2) is 5.96 Å². The number of aliphatic imine (C=N–C) groups is 1. The molecule has 0 aromatic rings. The lowest BCUT2D eigenvalue weighted by molar-refractivity contribution is 0.0205. The molecule has 0 amide bonds. The molecule has 5 nitrogen and oxygen atoms in total. The summed E-state index contributed by atoms with van der Waals surface area (Å²) in [5.74, 6) is 1.18. The lowest BCUT2D eigenvalue weighted by atomic mass is 10.0. The Kier molecular flexibility index (Phi) is 10.6. The standard InChI is InChI=1S/C14H29N3O2.HI/c1-14(2,3)17-13(15)16-7-4-8-19-11-12-5-9-18-10-6-12;/h12H,4-11H2,1-3H3,(H3,15,16,17);1H. The maximum absolute atomic E-state index is 5.78. The Morgan fingerprint density at radius 3 is 2.60 bits per heavy atom. The van der Waals surface area contributed by atoms with Crippen molar-refractivity contribution < 1.29 is 9.47 Å². The van der Waals surface area contributed by atoms with Gasteiger partial charge in [0, 0.05) is 38.5 Å². The Balaban J connectivity index is 0.00000361. The number of guanidine groups is 1. The molecular formula is C14H30IN3O2. The first-order valence-corrected chi connectivity index (χ1v) is 7.21. The minimum atomic E-state index is -0.0346. The van der Waals surface area contributed by atoms with Gasteiger partial charge in [0.1, 0.15) is 0 Å². The monoisotopic (exact) mass is 399 g/mol. The highest BCUT2D eigenvalue weighted by molar-refractivity contribution is 14.0. The quantitative estimate of drug-likeness (QED) is 0.311. The first kappa shape index (κ1) is 19.9. The van der Waals surface area contributed by atoms with Crippen LogP contribution in [0.3, 0.4) is 0 Å². The molecule has 1 aliphatic heterocycles. The summed E-state index contributed by atoms with van der Waals surface area (Å²) in [6, 6.07) is 0. The summed E-state index contributed by atoms with van der Waals surface area (Å²) in [7, 11) is 0. The van der Waals surface area contributed by atoms with E-state index in [9.17, 15) is 0 Å². The Morgan fingerprint density at radius 1 is 1.35 bits per heavy atom. The molecule has 1 aliphatic rings. The third kappa shape index (κ3) is 10.7. The zero-order valence-electron chi connectivity index (χ0n) is 13.0. The van der Waals surface area contributed by atoms with Crippen LogP contribution in [0.1, 0.15) is 40.0 Å². The highest BCUT2D eigenvalue weighted by Gasteiger charge is 2.13. The van der Waals surface area contributed by atoms with Crippen molar-refractivity contribution >= 4 is 29.9 Å². The first-order valence-electron chi connectivity index (χ1n) is 7.21. The molecule has 6 heteroatoms. The van der Waals surface area contributed by atoms with E-state index in [0.29, 0.717) is 18.4 Å². The minimum absolute atomic E-state index is 0. The van der Waals surface area contributed by atoms with Crippen LogP contribution in [-0.4, -0.2) is 44.5 Å². The van der Waals surface area contributed by atoms with Gasteiger partial charge in [0.2, 0.25) is 0 Å². The average Bonchev–Trinajstić information content (AvgIpc) is 2.32. The van der Waals surface area contributed by atoms with Gasteiger partial charge in [-0.2, -0.15) is 0 Å². The predicted octanol–water partition coefficient (Wildman–Crippen LogP) is 2.14. The highest BCUT2D eigenvalue weighted by Crippen LogP contribution is 2.14. The molecule has 120 valence electrons. The SMILES string of the molecule is CC(C)(C)NC(N)=NCCCOCC1CCOCC1.I. The van der Waals surface area contributed by atoms with E-state index >= 15 is 0 Å². The fourth-order valence-electron chi connectivity index (χ4n) is 1.95. The van der Waals surface area contributed by atoms with E-state index in [0.717, 1.165) is 45.7 Å². The third-order valence-electron chi connectivity index (χ3n) is 2.93. The number of nitrogens with zero attached hydrogens (tertiary/aromatic N) is 1. The molecule has 20 heavy (non-hydrogen) atoms. The van der Waals surface area contributed by atoms with E-state index in [1.165, 1.54) is 0 Å². The smallest absolute Gasteiger partial charge is 0.188 e. The van der Waals surface area contributed by atoms with Crippen LogP contribution in [0.5, 0.6) is 0 Å². The van der Waals surface area contributed by atoms with Crippen LogP contribution >= 0.6 is 24.0 Å². The van der Waals surface area contributed by atoms with Gasteiger partial charge in [-0.1, -0.05) is 0 Å². The molecule has 0 atom stereocenters. The van der Waals surface area contributed by atoms with Crippen molar-refractivity contribution in [2.75, 3.05) is 33.0 Å². The summed E-state index contributed by atoms with van der Waals surface area (Å²) in [6.07, 6.45) is 3.16. The third-order valence-corrected chi connectivity index (χ3v) is 2.93. The van der Waals surface area contributed by atoms with Crippen molar-refractivity contribution in [1.82, 2.24) is 5.32 Å². The number of rotatable bonds is 6. The van der Waals surface area contributed by atoms with Gasteiger partial charge in [-0.25, -0.2) is 0 Å². The summed E-state index contributed by atoms with van der Waals surface area (Å²) in [5.41, 5.74) is 5.74. The molecule has 0 aromatic heterocycles. The van der Waals surface area contributed by atoms with Crippen LogP contribution in [0.4, 0.5) is 0 Å². The zero-order chi connectivity index (χ0) is 14.1. The van der Waals surface area contributed by atoms with Crippen molar-refractivity contribution in [3.8, 4) is 0 Å². The normalized spacial score (nSPS) is 17.6. The van der Waals surface area contributed by atoms with Crippen molar-refractivity contribution in [2.24, 2.45) is 16.6 Å². The second-order valence-electron chi connectivity index (χ2n) is 6.13. The molecule has 0 bridgehead atoms. The number of ether oxygens (including phenoxy) is 2. The van der Waals surface area contributed by atoms with Crippen molar-refractivity contribution in [3.05, 3.63) is 0 Å². The van der Waals surface area contributed by atoms with Crippen LogP contribution in [0.25, 0.3) is 0 Å². The van der Waals surface area contributed by atoms with Crippen LogP contribution in [0.2, 0.25) is 0 Å². The number of nitrogens with one attached hydrogen (secondary N) is 1. The van der Waals surface area contributed by atoms with Gasteiger partial charge in [-0.05, 0) is 46.0 Å². The van der Waals surface area contributed by atoms with Gasteiger partial charge >= 0.3 is 0 Å². The van der Waals surface area contributed by atoms with Crippen LogP contribution in [0.15, 0.2) is 4.99 Å². The first-order chi connectivity index (χ1) is 8.97. The Labute approximate surface area is 140 Å². The maximum Gasteiger partial charge on any atom is 0.188 e. The van der Waals surface area contributed by atoms with E-state index < -0.39 is 0 Å². The average molecular weight is 399 g/mol. The molecular weight excluding hydrogens is 369 g/mol. The lowest BCUT2D eigenvalue weighted by Crippen LogP contribution is -2.45. The van der Waals surface area contributed by atoms with Crippen LogP contribution in [-0.2, 0) is 9.47 Å². The summed E-state index contributed by atoms with van der Waals surface area (Å²) >= 11 is 0. The predicted molar refractivity (Wildman–Crippen MR) is 93.8 cm³/mol. The highest BCUT2D eigenvalue weighted by atomic mass is 127. The summed E-state index contributed by atoms with van der Waals surface area (Å²) in [5, 5.41) is 3.13. The number of hydrogen-bond acceptors (Lipinski definition) is 3.